The molecule has 1 fully saturated rings. The van der Waals surface area contributed by atoms with Crippen LogP contribution in [0, 0.1) is 0 Å². The Morgan fingerprint density at radius 2 is 1.57 bits per heavy atom. The van der Waals surface area contributed by atoms with Crippen molar-refractivity contribution in [2.45, 2.75) is 43.7 Å². The van der Waals surface area contributed by atoms with Crippen molar-refractivity contribution in [3.05, 3.63) is 65.7 Å². The number of aromatic hydroxyl groups is 1. The number of aliphatic hydroxyl groups is 1. The molecule has 0 amide bonds. The lowest BCUT2D eigenvalue weighted by Crippen LogP contribution is -2.35. The summed E-state index contributed by atoms with van der Waals surface area (Å²) in [5.41, 5.74) is 2.29. The Kier molecular flexibility index (Phi) is 5.31. The number of phenols is 1. The van der Waals surface area contributed by atoms with Gasteiger partial charge in [0.2, 0.25) is 0 Å². The molecule has 3 rings (SSSR count). The minimum absolute atomic E-state index is 0.332. The van der Waals surface area contributed by atoms with Gasteiger partial charge in [0.1, 0.15) is 5.75 Å². The van der Waals surface area contributed by atoms with Crippen molar-refractivity contribution in [2.75, 3.05) is 6.54 Å². The van der Waals surface area contributed by atoms with Crippen molar-refractivity contribution in [1.29, 1.82) is 0 Å². The third-order valence-electron chi connectivity index (χ3n) is 4.88. The quantitative estimate of drug-likeness (QED) is 0.788. The predicted octanol–water partition coefficient (Wildman–Crippen LogP) is 3.74. The Morgan fingerprint density at radius 1 is 0.913 bits per heavy atom. The average molecular weight is 311 g/mol. The topological polar surface area (TPSA) is 52.5 Å². The standard InChI is InChI=1S/C20H25NO2/c22-19-12-8-16(9-13-19)15-6-10-18(11-7-15)21-14-20(23)17-4-2-1-3-5-17/h1-5,8-9,12-13,15,18,20-23H,6-7,10-11,14H2. The van der Waals surface area contributed by atoms with E-state index in [2.05, 4.69) is 5.32 Å². The fraction of sp³-hybridized carbons (Fsp3) is 0.400. The third-order valence-corrected chi connectivity index (χ3v) is 4.88. The van der Waals surface area contributed by atoms with Crippen LogP contribution in [0.25, 0.3) is 0 Å². The van der Waals surface area contributed by atoms with E-state index >= 15 is 0 Å². The second-order valence-corrected chi connectivity index (χ2v) is 6.47. The van der Waals surface area contributed by atoms with E-state index in [0.29, 0.717) is 24.3 Å². The number of hydrogen-bond acceptors (Lipinski definition) is 3. The van der Waals surface area contributed by atoms with Gasteiger partial charge in [-0.15, -0.1) is 0 Å². The van der Waals surface area contributed by atoms with E-state index in [1.165, 1.54) is 5.56 Å². The van der Waals surface area contributed by atoms with E-state index in [1.807, 2.05) is 42.5 Å². The Morgan fingerprint density at radius 3 is 2.22 bits per heavy atom. The zero-order valence-corrected chi connectivity index (χ0v) is 13.4. The van der Waals surface area contributed by atoms with Crippen LogP contribution in [0.1, 0.15) is 48.8 Å². The van der Waals surface area contributed by atoms with Crippen LogP contribution in [0.3, 0.4) is 0 Å². The normalized spacial score (nSPS) is 22.7. The number of rotatable bonds is 5. The molecule has 3 nitrogen and oxygen atoms in total. The number of phenolic OH excluding ortho intramolecular Hbond substituents is 1. The summed E-state index contributed by atoms with van der Waals surface area (Å²) in [5.74, 6) is 0.923. The minimum Gasteiger partial charge on any atom is -0.508 e. The first-order valence-corrected chi connectivity index (χ1v) is 8.47. The molecule has 1 aliphatic rings. The maximum absolute atomic E-state index is 10.2. The summed E-state index contributed by atoms with van der Waals surface area (Å²) < 4.78 is 0. The highest BCUT2D eigenvalue weighted by atomic mass is 16.3. The zero-order chi connectivity index (χ0) is 16.1. The SMILES string of the molecule is Oc1ccc(C2CCC(NCC(O)c3ccccc3)CC2)cc1. The molecule has 0 aliphatic heterocycles. The molecule has 2 aromatic rings. The maximum Gasteiger partial charge on any atom is 0.115 e. The van der Waals surface area contributed by atoms with Gasteiger partial charge < -0.3 is 15.5 Å². The Labute approximate surface area is 138 Å². The fourth-order valence-electron chi connectivity index (χ4n) is 3.45. The number of aliphatic hydroxyl groups excluding tert-OH is 1. The number of nitrogens with one attached hydrogen (secondary N) is 1. The van der Waals surface area contributed by atoms with E-state index < -0.39 is 6.10 Å². The van der Waals surface area contributed by atoms with Gasteiger partial charge in [0.25, 0.3) is 0 Å². The van der Waals surface area contributed by atoms with Gasteiger partial charge in [0.05, 0.1) is 6.10 Å². The van der Waals surface area contributed by atoms with Crippen molar-refractivity contribution >= 4 is 0 Å². The van der Waals surface area contributed by atoms with Crippen molar-refractivity contribution in [2.24, 2.45) is 0 Å². The van der Waals surface area contributed by atoms with Crippen LogP contribution < -0.4 is 5.32 Å². The molecule has 1 saturated carbocycles. The number of benzene rings is 2. The van der Waals surface area contributed by atoms with Crippen LogP contribution in [-0.2, 0) is 0 Å². The van der Waals surface area contributed by atoms with Crippen LogP contribution in [0.15, 0.2) is 54.6 Å². The highest BCUT2D eigenvalue weighted by Crippen LogP contribution is 2.33. The van der Waals surface area contributed by atoms with E-state index in [1.54, 1.807) is 12.1 Å². The van der Waals surface area contributed by atoms with E-state index in [9.17, 15) is 10.2 Å². The summed E-state index contributed by atoms with van der Waals surface area (Å²) in [6.45, 7) is 0.610. The molecule has 0 aromatic heterocycles. The van der Waals surface area contributed by atoms with Gasteiger partial charge >= 0.3 is 0 Å². The molecule has 2 aromatic carbocycles. The molecule has 0 spiro atoms. The van der Waals surface area contributed by atoms with E-state index in [0.717, 1.165) is 31.2 Å². The first kappa shape index (κ1) is 16.0. The molecule has 0 radical (unpaired) electrons. The number of hydrogen-bond donors (Lipinski definition) is 3. The lowest BCUT2D eigenvalue weighted by Gasteiger charge is -2.30. The second kappa shape index (κ2) is 7.62. The van der Waals surface area contributed by atoms with Gasteiger partial charge in [-0.25, -0.2) is 0 Å². The smallest absolute Gasteiger partial charge is 0.115 e. The highest BCUT2D eigenvalue weighted by molar-refractivity contribution is 5.28. The molecule has 0 bridgehead atoms. The minimum atomic E-state index is -0.439. The van der Waals surface area contributed by atoms with Crippen molar-refractivity contribution < 1.29 is 10.2 Å². The van der Waals surface area contributed by atoms with Crippen molar-refractivity contribution in [1.82, 2.24) is 5.32 Å². The molecule has 23 heavy (non-hydrogen) atoms. The zero-order valence-electron chi connectivity index (χ0n) is 13.4. The first-order valence-electron chi connectivity index (χ1n) is 8.47. The summed E-state index contributed by atoms with van der Waals surface area (Å²) in [4.78, 5) is 0. The van der Waals surface area contributed by atoms with Crippen LogP contribution in [0.5, 0.6) is 5.75 Å². The van der Waals surface area contributed by atoms with E-state index in [4.69, 9.17) is 0 Å². The Balaban J connectivity index is 1.45. The Hall–Kier alpha value is -1.84. The van der Waals surface area contributed by atoms with Crippen LogP contribution in [0.2, 0.25) is 0 Å². The molecule has 1 atom stereocenters. The predicted molar refractivity (Wildman–Crippen MR) is 92.5 cm³/mol. The van der Waals surface area contributed by atoms with Crippen LogP contribution in [0.4, 0.5) is 0 Å². The highest BCUT2D eigenvalue weighted by Gasteiger charge is 2.22. The van der Waals surface area contributed by atoms with Gasteiger partial charge in [-0.2, -0.15) is 0 Å². The maximum atomic E-state index is 10.2. The molecule has 1 unspecified atom stereocenters. The largest absolute Gasteiger partial charge is 0.508 e. The lowest BCUT2D eigenvalue weighted by molar-refractivity contribution is 0.164. The molecule has 3 N–H and O–H groups in total. The summed E-state index contributed by atoms with van der Waals surface area (Å²) in [6.07, 6.45) is 4.14. The van der Waals surface area contributed by atoms with Gasteiger partial charge in [-0.05, 0) is 54.9 Å². The lowest BCUT2D eigenvalue weighted by atomic mass is 9.81. The molecular formula is C20H25NO2. The fourth-order valence-corrected chi connectivity index (χ4v) is 3.45. The molecule has 0 heterocycles. The summed E-state index contributed by atoms with van der Waals surface area (Å²) in [7, 11) is 0. The van der Waals surface area contributed by atoms with Crippen LogP contribution in [-0.4, -0.2) is 22.8 Å². The van der Waals surface area contributed by atoms with Gasteiger partial charge in [0, 0.05) is 12.6 Å². The van der Waals surface area contributed by atoms with Gasteiger partial charge in [-0.1, -0.05) is 42.5 Å². The average Bonchev–Trinajstić information content (AvgIpc) is 2.61. The Bertz CT molecular complexity index is 589. The second-order valence-electron chi connectivity index (χ2n) is 6.47. The summed E-state index contributed by atoms with van der Waals surface area (Å²) >= 11 is 0. The summed E-state index contributed by atoms with van der Waals surface area (Å²) in [5, 5.41) is 23.1. The molecule has 0 saturated heterocycles. The molecule has 1 aliphatic carbocycles. The van der Waals surface area contributed by atoms with Gasteiger partial charge in [-0.3, -0.25) is 0 Å². The van der Waals surface area contributed by atoms with Gasteiger partial charge in [0.15, 0.2) is 0 Å². The van der Waals surface area contributed by atoms with Crippen molar-refractivity contribution in [3.8, 4) is 5.75 Å². The van der Waals surface area contributed by atoms with Crippen LogP contribution >= 0.6 is 0 Å². The summed E-state index contributed by atoms with van der Waals surface area (Å²) in [6, 6.07) is 17.9. The monoisotopic (exact) mass is 311 g/mol. The van der Waals surface area contributed by atoms with Crippen molar-refractivity contribution in [3.63, 3.8) is 0 Å². The van der Waals surface area contributed by atoms with E-state index in [-0.39, 0.29) is 0 Å². The molecule has 122 valence electrons. The molecule has 3 heteroatoms. The third kappa shape index (κ3) is 4.34. The first-order chi connectivity index (χ1) is 11.2. The molecular weight excluding hydrogens is 286 g/mol.